The number of aryl methyl sites for hydroxylation is 1. The Morgan fingerprint density at radius 3 is 3.00 bits per heavy atom. The molecule has 0 aliphatic heterocycles. The highest BCUT2D eigenvalue weighted by Crippen LogP contribution is 2.32. The van der Waals surface area contributed by atoms with E-state index < -0.39 is 0 Å². The lowest BCUT2D eigenvalue weighted by molar-refractivity contribution is 0.635. The topological polar surface area (TPSA) is 20.7 Å². The fourth-order valence-corrected chi connectivity index (χ4v) is 2.30. The summed E-state index contributed by atoms with van der Waals surface area (Å²) in [5.74, 6) is 0.858. The molecule has 1 aromatic heterocycles. The number of fused-ring (bicyclic) bond motifs is 1. The zero-order valence-corrected chi connectivity index (χ0v) is 9.60. The van der Waals surface area contributed by atoms with Gasteiger partial charge in [0.25, 0.3) is 0 Å². The van der Waals surface area contributed by atoms with Gasteiger partial charge in [0, 0.05) is 6.54 Å². The van der Waals surface area contributed by atoms with Gasteiger partial charge in [-0.05, 0) is 55.6 Å². The van der Waals surface area contributed by atoms with Crippen molar-refractivity contribution in [3.05, 3.63) is 28.5 Å². The molecule has 1 N–H and O–H groups in total. The van der Waals surface area contributed by atoms with Crippen LogP contribution >= 0.6 is 12.2 Å². The van der Waals surface area contributed by atoms with E-state index in [1.54, 1.807) is 0 Å². The van der Waals surface area contributed by atoms with Crippen LogP contribution in [0, 0.1) is 17.6 Å². The molecule has 2 aromatic rings. The largest absolute Gasteiger partial charge is 0.331 e. The van der Waals surface area contributed by atoms with Crippen molar-refractivity contribution in [2.75, 3.05) is 0 Å². The molecule has 1 fully saturated rings. The van der Waals surface area contributed by atoms with E-state index in [1.807, 2.05) is 0 Å². The van der Waals surface area contributed by atoms with Crippen LogP contribution in [-0.4, -0.2) is 9.55 Å². The van der Waals surface area contributed by atoms with Crippen molar-refractivity contribution in [2.45, 2.75) is 26.3 Å². The number of rotatable bonds is 2. The number of nitrogens with zero attached hydrogens (tertiary/aromatic N) is 1. The van der Waals surface area contributed by atoms with Gasteiger partial charge in [0.1, 0.15) is 0 Å². The average molecular weight is 218 g/mol. The quantitative estimate of drug-likeness (QED) is 0.766. The van der Waals surface area contributed by atoms with Gasteiger partial charge in [0.2, 0.25) is 0 Å². The predicted octanol–water partition coefficient (Wildman–Crippen LogP) is 3.42. The van der Waals surface area contributed by atoms with Gasteiger partial charge >= 0.3 is 0 Å². The molecule has 0 spiro atoms. The second-order valence-electron chi connectivity index (χ2n) is 4.50. The Kier molecular flexibility index (Phi) is 1.96. The van der Waals surface area contributed by atoms with Crippen molar-refractivity contribution in [3.63, 3.8) is 0 Å². The number of aromatic nitrogens is 2. The molecule has 0 saturated heterocycles. The molecule has 78 valence electrons. The van der Waals surface area contributed by atoms with E-state index in [0.29, 0.717) is 0 Å². The van der Waals surface area contributed by atoms with Crippen LogP contribution in [-0.2, 0) is 6.54 Å². The Morgan fingerprint density at radius 1 is 1.47 bits per heavy atom. The van der Waals surface area contributed by atoms with Gasteiger partial charge in [-0.1, -0.05) is 6.07 Å². The van der Waals surface area contributed by atoms with Gasteiger partial charge in [-0.25, -0.2) is 0 Å². The van der Waals surface area contributed by atoms with E-state index in [2.05, 4.69) is 34.7 Å². The molecule has 0 atom stereocenters. The lowest BCUT2D eigenvalue weighted by Gasteiger charge is -2.02. The smallest absolute Gasteiger partial charge is 0.178 e. The average Bonchev–Trinajstić information content (AvgIpc) is 2.93. The molecule has 1 aliphatic carbocycles. The maximum absolute atomic E-state index is 5.35. The van der Waals surface area contributed by atoms with Crippen LogP contribution in [0.15, 0.2) is 18.2 Å². The van der Waals surface area contributed by atoms with E-state index >= 15 is 0 Å². The molecule has 0 bridgehead atoms. The van der Waals surface area contributed by atoms with Crippen LogP contribution < -0.4 is 0 Å². The number of benzene rings is 1. The van der Waals surface area contributed by atoms with Gasteiger partial charge in [-0.2, -0.15) is 0 Å². The molecular weight excluding hydrogens is 204 g/mol. The fraction of sp³-hybridized carbons (Fsp3) is 0.417. The minimum Gasteiger partial charge on any atom is -0.331 e. The van der Waals surface area contributed by atoms with Gasteiger partial charge < -0.3 is 9.55 Å². The molecule has 0 unspecified atom stereocenters. The lowest BCUT2D eigenvalue weighted by atomic mass is 10.2. The maximum Gasteiger partial charge on any atom is 0.178 e. The van der Waals surface area contributed by atoms with Crippen LogP contribution in [0.4, 0.5) is 0 Å². The molecule has 2 nitrogen and oxygen atoms in total. The van der Waals surface area contributed by atoms with Gasteiger partial charge in [-0.15, -0.1) is 0 Å². The van der Waals surface area contributed by atoms with Crippen LogP contribution in [0.3, 0.4) is 0 Å². The minimum absolute atomic E-state index is 0.858. The third-order valence-electron chi connectivity index (χ3n) is 3.07. The standard InChI is InChI=1S/C12H14N2S/c1-8-2-5-11-10(6-8)13-12(15)14(11)7-9-3-4-9/h2,5-6,9H,3-4,7H2,1H3,(H,13,15). The molecule has 15 heavy (non-hydrogen) atoms. The van der Waals surface area contributed by atoms with Gasteiger partial charge in [-0.3, -0.25) is 0 Å². The van der Waals surface area contributed by atoms with Crippen molar-refractivity contribution < 1.29 is 0 Å². The first kappa shape index (κ1) is 9.16. The van der Waals surface area contributed by atoms with Crippen LogP contribution in [0.2, 0.25) is 0 Å². The number of hydrogen-bond donors (Lipinski definition) is 1. The number of nitrogens with one attached hydrogen (secondary N) is 1. The zero-order valence-electron chi connectivity index (χ0n) is 8.79. The maximum atomic E-state index is 5.35. The third kappa shape index (κ3) is 1.61. The van der Waals surface area contributed by atoms with Crippen LogP contribution in [0.25, 0.3) is 11.0 Å². The summed E-state index contributed by atoms with van der Waals surface area (Å²) in [5.41, 5.74) is 3.69. The Labute approximate surface area is 93.9 Å². The van der Waals surface area contributed by atoms with Crippen molar-refractivity contribution in [1.82, 2.24) is 9.55 Å². The lowest BCUT2D eigenvalue weighted by Crippen LogP contribution is -1.99. The second kappa shape index (κ2) is 3.20. The molecule has 0 amide bonds. The third-order valence-corrected chi connectivity index (χ3v) is 3.39. The summed E-state index contributed by atoms with van der Waals surface area (Å²) in [7, 11) is 0. The highest BCUT2D eigenvalue weighted by Gasteiger charge is 2.22. The number of H-pyrrole nitrogens is 1. The van der Waals surface area contributed by atoms with E-state index in [1.165, 1.54) is 29.4 Å². The summed E-state index contributed by atoms with van der Waals surface area (Å²) in [6, 6.07) is 6.47. The highest BCUT2D eigenvalue weighted by molar-refractivity contribution is 7.71. The van der Waals surface area contributed by atoms with Crippen LogP contribution in [0.5, 0.6) is 0 Å². The summed E-state index contributed by atoms with van der Waals surface area (Å²) in [6.45, 7) is 3.19. The first-order valence-corrected chi connectivity index (χ1v) is 5.84. The molecule has 3 rings (SSSR count). The summed E-state index contributed by atoms with van der Waals surface area (Å²) in [6.07, 6.45) is 2.72. The minimum atomic E-state index is 0.858. The number of aromatic amines is 1. The SMILES string of the molecule is Cc1ccc2c(c1)[nH]c(=S)n2CC1CC1. The van der Waals surface area contributed by atoms with Crippen molar-refractivity contribution in [2.24, 2.45) is 5.92 Å². The van der Waals surface area contributed by atoms with Crippen molar-refractivity contribution >= 4 is 23.3 Å². The van der Waals surface area contributed by atoms with Gasteiger partial charge in [0.05, 0.1) is 11.0 Å². The van der Waals surface area contributed by atoms with E-state index in [4.69, 9.17) is 12.2 Å². The first-order chi connectivity index (χ1) is 7.24. The Balaban J connectivity index is 2.18. The van der Waals surface area contributed by atoms with Gasteiger partial charge in [0.15, 0.2) is 4.77 Å². The van der Waals surface area contributed by atoms with Crippen molar-refractivity contribution in [1.29, 1.82) is 0 Å². The highest BCUT2D eigenvalue weighted by atomic mass is 32.1. The summed E-state index contributed by atoms with van der Waals surface area (Å²) >= 11 is 5.35. The van der Waals surface area contributed by atoms with E-state index in [-0.39, 0.29) is 0 Å². The predicted molar refractivity (Wildman–Crippen MR) is 64.6 cm³/mol. The number of imidazole rings is 1. The monoisotopic (exact) mass is 218 g/mol. The molecule has 1 aliphatic rings. The normalized spacial score (nSPS) is 16.1. The Morgan fingerprint density at radius 2 is 2.27 bits per heavy atom. The van der Waals surface area contributed by atoms with E-state index in [0.717, 1.165) is 17.2 Å². The summed E-state index contributed by atoms with van der Waals surface area (Å²) < 4.78 is 3.10. The number of hydrogen-bond acceptors (Lipinski definition) is 1. The van der Waals surface area contributed by atoms with Crippen molar-refractivity contribution in [3.8, 4) is 0 Å². The molecule has 1 heterocycles. The summed E-state index contributed by atoms with van der Waals surface area (Å²) in [5, 5.41) is 0. The molecule has 3 heteroatoms. The fourth-order valence-electron chi connectivity index (χ4n) is 2.02. The van der Waals surface area contributed by atoms with Crippen LogP contribution in [0.1, 0.15) is 18.4 Å². The summed E-state index contributed by atoms with van der Waals surface area (Å²) in [4.78, 5) is 3.28. The molecule has 0 radical (unpaired) electrons. The Hall–Kier alpha value is -1.09. The Bertz CT molecular complexity index is 560. The first-order valence-electron chi connectivity index (χ1n) is 5.43. The zero-order chi connectivity index (χ0) is 10.4. The second-order valence-corrected chi connectivity index (χ2v) is 4.89. The van der Waals surface area contributed by atoms with E-state index in [9.17, 15) is 0 Å². The molecule has 1 aromatic carbocycles. The molecule has 1 saturated carbocycles. The molecular formula is C12H14N2S.